The molecule has 1 aromatic rings. The van der Waals surface area contributed by atoms with E-state index in [1.54, 1.807) is 0 Å². The number of hydrogen-bond acceptors (Lipinski definition) is 4. The normalized spacial score (nSPS) is 17.2. The number of nitrogens with zero attached hydrogens (tertiary/aromatic N) is 1. The highest BCUT2D eigenvalue weighted by molar-refractivity contribution is 9.09. The van der Waals surface area contributed by atoms with Gasteiger partial charge in [-0.1, -0.05) is 15.9 Å². The molecular weight excluding hydrogens is 347 g/mol. The van der Waals surface area contributed by atoms with Crippen molar-refractivity contribution in [3.63, 3.8) is 0 Å². The molecule has 0 spiro atoms. The van der Waals surface area contributed by atoms with Gasteiger partial charge in [0.1, 0.15) is 5.82 Å². The second-order valence-corrected chi connectivity index (χ2v) is 5.46. The van der Waals surface area contributed by atoms with E-state index in [2.05, 4.69) is 21.2 Å². The van der Waals surface area contributed by atoms with Gasteiger partial charge in [0.15, 0.2) is 0 Å². The Hall–Kier alpha value is -1.54. The van der Waals surface area contributed by atoms with Crippen LogP contribution in [0.4, 0.5) is 10.1 Å². The zero-order valence-corrected chi connectivity index (χ0v) is 12.7. The third-order valence-electron chi connectivity index (χ3n) is 3.49. The fourth-order valence-electron chi connectivity index (χ4n) is 2.16. The van der Waals surface area contributed by atoms with Crippen LogP contribution in [0, 0.1) is 15.9 Å². The summed E-state index contributed by atoms with van der Waals surface area (Å²) in [4.78, 5) is 22.1. The minimum absolute atomic E-state index is 0.201. The highest BCUT2D eigenvalue weighted by atomic mass is 79.9. The Kier molecular flexibility index (Phi) is 4.89. The van der Waals surface area contributed by atoms with Gasteiger partial charge in [-0.25, -0.2) is 4.39 Å². The van der Waals surface area contributed by atoms with E-state index in [1.165, 1.54) is 0 Å². The summed E-state index contributed by atoms with van der Waals surface area (Å²) in [6.45, 7) is 1.04. The van der Waals surface area contributed by atoms with Gasteiger partial charge in [-0.05, 0) is 18.9 Å². The average molecular weight is 361 g/mol. The van der Waals surface area contributed by atoms with E-state index >= 15 is 0 Å². The maximum absolute atomic E-state index is 13.8. The van der Waals surface area contributed by atoms with E-state index in [0.717, 1.165) is 18.2 Å². The Morgan fingerprint density at radius 1 is 1.48 bits per heavy atom. The molecule has 1 heterocycles. The maximum atomic E-state index is 13.8. The van der Waals surface area contributed by atoms with Crippen molar-refractivity contribution >= 4 is 27.5 Å². The molecule has 8 heteroatoms. The molecule has 0 saturated carbocycles. The van der Waals surface area contributed by atoms with Crippen LogP contribution in [-0.2, 0) is 4.74 Å². The molecule has 0 aliphatic carbocycles. The molecule has 1 saturated heterocycles. The number of hydrogen-bond donors (Lipinski definition) is 1. The molecule has 114 valence electrons. The third-order valence-corrected chi connectivity index (χ3v) is 4.57. The standard InChI is InChI=1S/C13H14BrFN2O4/c14-8-13(3-5-21-6-4-13)16-12(18)10-2-1-9(17(19)20)7-11(10)15/h1-2,7H,3-6,8H2,(H,16,18). The van der Waals surface area contributed by atoms with Crippen LogP contribution in [-0.4, -0.2) is 34.9 Å². The highest BCUT2D eigenvalue weighted by Crippen LogP contribution is 2.24. The van der Waals surface area contributed by atoms with Crippen molar-refractivity contribution < 1.29 is 18.8 Å². The first kappa shape index (κ1) is 15.8. The molecule has 0 aromatic heterocycles. The van der Waals surface area contributed by atoms with Gasteiger partial charge < -0.3 is 10.1 Å². The van der Waals surface area contributed by atoms with Gasteiger partial charge in [0.2, 0.25) is 0 Å². The number of amides is 1. The molecule has 1 N–H and O–H groups in total. The topological polar surface area (TPSA) is 81.5 Å². The first-order valence-electron chi connectivity index (χ1n) is 6.38. The summed E-state index contributed by atoms with van der Waals surface area (Å²) in [6, 6.07) is 2.99. The Morgan fingerprint density at radius 2 is 2.14 bits per heavy atom. The Balaban J connectivity index is 2.18. The van der Waals surface area contributed by atoms with Crippen LogP contribution >= 0.6 is 15.9 Å². The van der Waals surface area contributed by atoms with Crippen molar-refractivity contribution in [3.8, 4) is 0 Å². The quantitative estimate of drug-likeness (QED) is 0.507. The van der Waals surface area contributed by atoms with Crippen LogP contribution < -0.4 is 5.32 Å². The summed E-state index contributed by atoms with van der Waals surface area (Å²) >= 11 is 3.37. The molecule has 1 amide bonds. The SMILES string of the molecule is O=C(NC1(CBr)CCOCC1)c1ccc([N+](=O)[O-])cc1F. The van der Waals surface area contributed by atoms with Gasteiger partial charge >= 0.3 is 0 Å². The summed E-state index contributed by atoms with van der Waals surface area (Å²) in [6.07, 6.45) is 1.25. The van der Waals surface area contributed by atoms with Gasteiger partial charge in [-0.2, -0.15) is 0 Å². The minimum Gasteiger partial charge on any atom is -0.381 e. The monoisotopic (exact) mass is 360 g/mol. The van der Waals surface area contributed by atoms with Crippen LogP contribution in [0.1, 0.15) is 23.2 Å². The van der Waals surface area contributed by atoms with Gasteiger partial charge in [0.25, 0.3) is 11.6 Å². The van der Waals surface area contributed by atoms with Crippen molar-refractivity contribution in [1.29, 1.82) is 0 Å². The molecule has 0 unspecified atom stereocenters. The highest BCUT2D eigenvalue weighted by Gasteiger charge is 2.34. The zero-order chi connectivity index (χ0) is 15.5. The number of benzene rings is 1. The summed E-state index contributed by atoms with van der Waals surface area (Å²) in [5, 5.41) is 13.9. The Bertz CT molecular complexity index is 561. The summed E-state index contributed by atoms with van der Waals surface area (Å²) < 4.78 is 19.1. The van der Waals surface area contributed by atoms with Gasteiger partial charge in [-0.3, -0.25) is 14.9 Å². The molecule has 1 aliphatic rings. The van der Waals surface area contributed by atoms with Crippen LogP contribution in [0.25, 0.3) is 0 Å². The number of non-ortho nitro benzene ring substituents is 1. The molecule has 21 heavy (non-hydrogen) atoms. The molecule has 0 radical (unpaired) electrons. The Labute approximate surface area is 128 Å². The third kappa shape index (κ3) is 3.56. The molecular formula is C13H14BrFN2O4. The predicted molar refractivity (Wildman–Crippen MR) is 77.1 cm³/mol. The summed E-state index contributed by atoms with van der Waals surface area (Å²) in [7, 11) is 0. The van der Waals surface area contributed by atoms with Crippen LogP contribution in [0.3, 0.4) is 0 Å². The molecule has 1 fully saturated rings. The molecule has 0 atom stereocenters. The lowest BCUT2D eigenvalue weighted by atomic mass is 9.92. The van der Waals surface area contributed by atoms with Crippen molar-refractivity contribution in [1.82, 2.24) is 5.32 Å². The Morgan fingerprint density at radius 3 is 2.67 bits per heavy atom. The van der Waals surface area contributed by atoms with Gasteiger partial charge in [0, 0.05) is 24.6 Å². The van der Waals surface area contributed by atoms with E-state index in [4.69, 9.17) is 4.74 Å². The first-order chi connectivity index (χ1) is 9.97. The van der Waals surface area contributed by atoms with Crippen LogP contribution in [0.5, 0.6) is 0 Å². The first-order valence-corrected chi connectivity index (χ1v) is 7.50. The lowest BCUT2D eigenvalue weighted by Gasteiger charge is -2.36. The summed E-state index contributed by atoms with van der Waals surface area (Å²) in [5.41, 5.74) is -1.07. The maximum Gasteiger partial charge on any atom is 0.272 e. The van der Waals surface area contributed by atoms with Crippen molar-refractivity contribution in [2.24, 2.45) is 0 Å². The average Bonchev–Trinajstić information content (AvgIpc) is 2.47. The predicted octanol–water partition coefficient (Wildman–Crippen LogP) is 2.41. The molecule has 1 aliphatic heterocycles. The largest absolute Gasteiger partial charge is 0.381 e. The van der Waals surface area contributed by atoms with Crippen LogP contribution in [0.2, 0.25) is 0 Å². The zero-order valence-electron chi connectivity index (χ0n) is 11.1. The number of nitro benzene ring substituents is 1. The summed E-state index contributed by atoms with van der Waals surface area (Å²) in [5.74, 6) is -1.48. The van der Waals surface area contributed by atoms with E-state index < -0.39 is 22.2 Å². The molecule has 1 aromatic carbocycles. The van der Waals surface area contributed by atoms with E-state index in [1.807, 2.05) is 0 Å². The van der Waals surface area contributed by atoms with Gasteiger partial charge in [0.05, 0.1) is 22.1 Å². The number of alkyl halides is 1. The fraction of sp³-hybridized carbons (Fsp3) is 0.462. The molecule has 6 nitrogen and oxygen atoms in total. The number of nitro groups is 1. The number of nitrogens with one attached hydrogen (secondary N) is 1. The number of rotatable bonds is 4. The lowest BCUT2D eigenvalue weighted by Crippen LogP contribution is -2.53. The van der Waals surface area contributed by atoms with E-state index in [9.17, 15) is 19.3 Å². The van der Waals surface area contributed by atoms with Crippen LogP contribution in [0.15, 0.2) is 18.2 Å². The number of ether oxygens (including phenoxy) is 1. The second-order valence-electron chi connectivity index (χ2n) is 4.90. The fourth-order valence-corrected chi connectivity index (χ4v) is 2.86. The molecule has 2 rings (SSSR count). The number of halogens is 2. The second kappa shape index (κ2) is 6.48. The minimum atomic E-state index is -0.904. The van der Waals surface area contributed by atoms with Crippen molar-refractivity contribution in [2.45, 2.75) is 18.4 Å². The lowest BCUT2D eigenvalue weighted by molar-refractivity contribution is -0.385. The number of carbonyl (C=O) groups excluding carboxylic acids is 1. The smallest absolute Gasteiger partial charge is 0.272 e. The van der Waals surface area contributed by atoms with Gasteiger partial charge in [-0.15, -0.1) is 0 Å². The molecule has 0 bridgehead atoms. The van der Waals surface area contributed by atoms with E-state index in [0.29, 0.717) is 31.4 Å². The number of carbonyl (C=O) groups is 1. The van der Waals surface area contributed by atoms with Crippen molar-refractivity contribution in [3.05, 3.63) is 39.7 Å². The van der Waals surface area contributed by atoms with E-state index in [-0.39, 0.29) is 11.3 Å². The van der Waals surface area contributed by atoms with Crippen molar-refractivity contribution in [2.75, 3.05) is 18.5 Å².